The Hall–Kier alpha value is -2.67. The van der Waals surface area contributed by atoms with Gasteiger partial charge in [-0.2, -0.15) is 0 Å². The number of phenols is 1. The Labute approximate surface area is 138 Å². The number of aryl methyl sites for hydroxylation is 1. The van der Waals surface area contributed by atoms with E-state index < -0.39 is 9.84 Å². The van der Waals surface area contributed by atoms with Crippen molar-refractivity contribution in [2.24, 2.45) is 0 Å². The number of rotatable bonds is 4. The minimum Gasteiger partial charge on any atom is -0.506 e. The molecule has 2 N–H and O–H groups in total. The van der Waals surface area contributed by atoms with Gasteiger partial charge in [0.05, 0.1) is 17.5 Å². The highest BCUT2D eigenvalue weighted by Crippen LogP contribution is 2.31. The number of hydrogen-bond donors (Lipinski definition) is 2. The average Bonchev–Trinajstić information content (AvgIpc) is 2.53. The fourth-order valence-corrected chi connectivity index (χ4v) is 3.22. The van der Waals surface area contributed by atoms with Gasteiger partial charge in [0, 0.05) is 6.26 Å². The molecule has 2 aromatic carbocycles. The summed E-state index contributed by atoms with van der Waals surface area (Å²) in [6.45, 7) is 0. The van der Waals surface area contributed by atoms with E-state index in [2.05, 4.69) is 9.97 Å². The number of hydrogen-bond acceptors (Lipinski definition) is 5. The largest absolute Gasteiger partial charge is 0.506 e. The molecule has 3 aromatic rings. The van der Waals surface area contributed by atoms with Crippen LogP contribution in [0.25, 0.3) is 22.0 Å². The molecule has 0 aliphatic rings. The summed E-state index contributed by atoms with van der Waals surface area (Å²) in [5.41, 5.74) is 2.15. The number of H-pyrrole nitrogens is 1. The van der Waals surface area contributed by atoms with Crippen molar-refractivity contribution in [3.8, 4) is 16.9 Å². The Morgan fingerprint density at radius 3 is 2.71 bits per heavy atom. The molecule has 24 heavy (non-hydrogen) atoms. The van der Waals surface area contributed by atoms with Crippen molar-refractivity contribution in [2.45, 2.75) is 6.42 Å². The van der Waals surface area contributed by atoms with Gasteiger partial charge >= 0.3 is 0 Å². The maximum Gasteiger partial charge on any atom is 0.258 e. The third-order valence-electron chi connectivity index (χ3n) is 3.79. The molecular formula is C17H16N2O4S. The lowest BCUT2D eigenvalue weighted by Crippen LogP contribution is -2.07. The number of fused-ring (bicyclic) bond motifs is 1. The molecule has 0 radical (unpaired) electrons. The van der Waals surface area contributed by atoms with Crippen LogP contribution in [0.1, 0.15) is 5.56 Å². The first-order chi connectivity index (χ1) is 11.3. The fourth-order valence-electron chi connectivity index (χ4n) is 2.63. The third kappa shape index (κ3) is 3.30. The molecular weight excluding hydrogens is 328 g/mol. The predicted octanol–water partition coefficient (Wildman–Crippen LogP) is 1.88. The molecule has 1 heterocycles. The van der Waals surface area contributed by atoms with E-state index in [-0.39, 0.29) is 28.0 Å². The van der Waals surface area contributed by atoms with E-state index >= 15 is 0 Å². The van der Waals surface area contributed by atoms with Gasteiger partial charge in [0.1, 0.15) is 21.1 Å². The number of nitrogens with zero attached hydrogens (tertiary/aromatic N) is 1. The van der Waals surface area contributed by atoms with Crippen LogP contribution in [0.5, 0.6) is 5.75 Å². The standard InChI is InChI=1S/C17H16N2O4S/c1-24(22,23)7-6-11-4-2-3-5-13(11)12-8-14-16(15(20)9-12)18-10-19-17(14)21/h2-5,8-10,20H,6-7H2,1H3,(H,18,19,21). The monoisotopic (exact) mass is 344 g/mol. The van der Waals surface area contributed by atoms with E-state index in [9.17, 15) is 18.3 Å². The molecule has 0 saturated carbocycles. The summed E-state index contributed by atoms with van der Waals surface area (Å²) in [5.74, 6) is -0.0577. The summed E-state index contributed by atoms with van der Waals surface area (Å²) < 4.78 is 22.9. The van der Waals surface area contributed by atoms with E-state index in [4.69, 9.17) is 0 Å². The summed E-state index contributed by atoms with van der Waals surface area (Å²) >= 11 is 0. The smallest absolute Gasteiger partial charge is 0.258 e. The van der Waals surface area contributed by atoms with Gasteiger partial charge in [-0.25, -0.2) is 13.4 Å². The molecule has 0 unspecified atom stereocenters. The van der Waals surface area contributed by atoms with Gasteiger partial charge in [0.25, 0.3) is 5.56 Å². The zero-order chi connectivity index (χ0) is 17.3. The number of aromatic amines is 1. The van der Waals surface area contributed by atoms with Crippen LogP contribution < -0.4 is 5.56 Å². The molecule has 0 bridgehead atoms. The van der Waals surface area contributed by atoms with Crippen molar-refractivity contribution in [3.05, 3.63) is 58.6 Å². The number of sulfone groups is 1. The van der Waals surface area contributed by atoms with Gasteiger partial charge in [0.15, 0.2) is 0 Å². The Morgan fingerprint density at radius 2 is 1.96 bits per heavy atom. The summed E-state index contributed by atoms with van der Waals surface area (Å²) in [4.78, 5) is 18.4. The molecule has 0 aliphatic heterocycles. The molecule has 124 valence electrons. The van der Waals surface area contributed by atoms with Crippen molar-refractivity contribution in [1.82, 2.24) is 9.97 Å². The number of nitrogens with one attached hydrogen (secondary N) is 1. The zero-order valence-electron chi connectivity index (χ0n) is 13.0. The Morgan fingerprint density at radius 1 is 1.21 bits per heavy atom. The molecule has 0 fully saturated rings. The molecule has 0 aliphatic carbocycles. The maximum absolute atomic E-state index is 12.0. The van der Waals surface area contributed by atoms with Crippen LogP contribution in [0.15, 0.2) is 47.5 Å². The second kappa shape index (κ2) is 6.09. The molecule has 0 saturated heterocycles. The van der Waals surface area contributed by atoms with E-state index in [1.165, 1.54) is 18.6 Å². The summed E-state index contributed by atoms with van der Waals surface area (Å²) in [6, 6.07) is 10.5. The van der Waals surface area contributed by atoms with Crippen molar-refractivity contribution in [2.75, 3.05) is 12.0 Å². The highest BCUT2D eigenvalue weighted by Gasteiger charge is 2.12. The first-order valence-electron chi connectivity index (χ1n) is 7.31. The first-order valence-corrected chi connectivity index (χ1v) is 9.37. The van der Waals surface area contributed by atoms with Gasteiger partial charge in [0.2, 0.25) is 0 Å². The molecule has 7 heteroatoms. The molecule has 0 spiro atoms. The highest BCUT2D eigenvalue weighted by atomic mass is 32.2. The minimum absolute atomic E-state index is 0.0334. The van der Waals surface area contributed by atoms with E-state index in [0.717, 1.165) is 11.1 Å². The van der Waals surface area contributed by atoms with Gasteiger partial charge in [-0.1, -0.05) is 24.3 Å². The van der Waals surface area contributed by atoms with Crippen LogP contribution in [-0.4, -0.2) is 35.5 Å². The Balaban J connectivity index is 2.14. The van der Waals surface area contributed by atoms with E-state index in [0.29, 0.717) is 12.0 Å². The van der Waals surface area contributed by atoms with Crippen LogP contribution in [0.4, 0.5) is 0 Å². The summed E-state index contributed by atoms with van der Waals surface area (Å²) in [6.07, 6.45) is 2.80. The highest BCUT2D eigenvalue weighted by molar-refractivity contribution is 7.90. The van der Waals surface area contributed by atoms with Crippen LogP contribution in [0.2, 0.25) is 0 Å². The second-order valence-corrected chi connectivity index (χ2v) is 7.92. The SMILES string of the molecule is CS(=O)(=O)CCc1ccccc1-c1cc(O)c2nc[nH]c(=O)c2c1. The minimum atomic E-state index is -3.09. The maximum atomic E-state index is 12.0. The van der Waals surface area contributed by atoms with E-state index in [1.807, 2.05) is 24.3 Å². The van der Waals surface area contributed by atoms with Crippen LogP contribution in [-0.2, 0) is 16.3 Å². The topological polar surface area (TPSA) is 100 Å². The second-order valence-electron chi connectivity index (χ2n) is 5.66. The van der Waals surface area contributed by atoms with E-state index in [1.54, 1.807) is 6.07 Å². The lowest BCUT2D eigenvalue weighted by atomic mass is 9.97. The Kier molecular flexibility index (Phi) is 4.11. The number of phenolic OH excluding ortho intramolecular Hbond substituents is 1. The summed E-state index contributed by atoms with van der Waals surface area (Å²) in [5, 5.41) is 10.5. The molecule has 0 atom stereocenters. The lowest BCUT2D eigenvalue weighted by Gasteiger charge is -2.11. The van der Waals surface area contributed by atoms with Crippen molar-refractivity contribution < 1.29 is 13.5 Å². The molecule has 0 amide bonds. The Bertz CT molecular complexity index is 1070. The first kappa shape index (κ1) is 16.2. The third-order valence-corrected chi connectivity index (χ3v) is 4.74. The van der Waals surface area contributed by atoms with Gasteiger partial charge in [-0.15, -0.1) is 0 Å². The molecule has 1 aromatic heterocycles. The number of aromatic nitrogens is 2. The van der Waals surface area contributed by atoms with Crippen LogP contribution >= 0.6 is 0 Å². The lowest BCUT2D eigenvalue weighted by molar-refractivity contribution is 0.480. The summed E-state index contributed by atoms with van der Waals surface area (Å²) in [7, 11) is -3.09. The molecule has 3 rings (SSSR count). The van der Waals surface area contributed by atoms with Crippen molar-refractivity contribution >= 4 is 20.7 Å². The molecule has 6 nitrogen and oxygen atoms in total. The number of aromatic hydroxyl groups is 1. The quantitative estimate of drug-likeness (QED) is 0.753. The van der Waals surface area contributed by atoms with Gasteiger partial charge < -0.3 is 10.1 Å². The predicted molar refractivity (Wildman–Crippen MR) is 92.9 cm³/mol. The van der Waals surface area contributed by atoms with Gasteiger partial charge in [-0.05, 0) is 35.2 Å². The number of benzene rings is 2. The van der Waals surface area contributed by atoms with Crippen LogP contribution in [0, 0.1) is 0 Å². The van der Waals surface area contributed by atoms with Crippen molar-refractivity contribution in [3.63, 3.8) is 0 Å². The van der Waals surface area contributed by atoms with Crippen LogP contribution in [0.3, 0.4) is 0 Å². The zero-order valence-corrected chi connectivity index (χ0v) is 13.8. The normalized spacial score (nSPS) is 11.7. The van der Waals surface area contributed by atoms with Gasteiger partial charge in [-0.3, -0.25) is 4.79 Å². The average molecular weight is 344 g/mol. The van der Waals surface area contributed by atoms with Crippen molar-refractivity contribution in [1.29, 1.82) is 0 Å². The fraction of sp³-hybridized carbons (Fsp3) is 0.176.